The number of nitroso groups, excluding NO2 is 1. The minimum atomic E-state index is -1.71. The molecule has 0 amide bonds. The van der Waals surface area contributed by atoms with Gasteiger partial charge in [-0.1, -0.05) is 46.2 Å². The molecule has 6 heteroatoms. The lowest BCUT2D eigenvalue weighted by atomic mass is 9.61. The SMILES string of the molecule is CCC(O)C1C(O)C(CCC(C)C)C(N=O)[C@](O)(CCC(C)C)C1O. The maximum absolute atomic E-state index is 11.6. The molecule has 1 rings (SSSR count). The zero-order valence-corrected chi connectivity index (χ0v) is 16.3. The molecule has 1 aliphatic carbocycles. The summed E-state index contributed by atoms with van der Waals surface area (Å²) in [4.78, 5) is 11.6. The maximum Gasteiger partial charge on any atom is 0.128 e. The fourth-order valence-corrected chi connectivity index (χ4v) is 4.09. The second-order valence-corrected chi connectivity index (χ2v) is 8.60. The molecular weight excluding hydrogens is 322 g/mol. The standard InChI is InChI=1S/C19H37NO5/c1-6-14(21)15-16(22)13(8-7-11(2)3)17(20-25)19(24,18(15)23)10-9-12(4)5/h11-18,21-24H,6-10H2,1-5H3/t13?,14?,15?,16?,17?,18?,19-/m1/s1. The fourth-order valence-electron chi connectivity index (χ4n) is 4.09. The number of hydrogen-bond donors (Lipinski definition) is 4. The van der Waals surface area contributed by atoms with Gasteiger partial charge in [-0.2, -0.15) is 4.91 Å². The molecule has 6 nitrogen and oxygen atoms in total. The summed E-state index contributed by atoms with van der Waals surface area (Å²) in [6, 6.07) is -1.07. The molecule has 0 bridgehead atoms. The monoisotopic (exact) mass is 359 g/mol. The molecule has 25 heavy (non-hydrogen) atoms. The van der Waals surface area contributed by atoms with Crippen molar-refractivity contribution in [2.24, 2.45) is 28.8 Å². The Morgan fingerprint density at radius 1 is 1.08 bits per heavy atom. The van der Waals surface area contributed by atoms with Crippen molar-refractivity contribution in [2.45, 2.75) is 96.7 Å². The molecular formula is C19H37NO5. The van der Waals surface area contributed by atoms with Crippen LogP contribution in [0.2, 0.25) is 0 Å². The van der Waals surface area contributed by atoms with Crippen LogP contribution in [0.5, 0.6) is 0 Å². The molecule has 4 N–H and O–H groups in total. The fraction of sp³-hybridized carbons (Fsp3) is 1.00. The molecule has 1 aliphatic rings. The zero-order chi connectivity index (χ0) is 19.4. The van der Waals surface area contributed by atoms with Gasteiger partial charge in [0.2, 0.25) is 0 Å². The summed E-state index contributed by atoms with van der Waals surface area (Å²) in [5.74, 6) is -0.771. The molecule has 1 fully saturated rings. The first kappa shape index (κ1) is 22.5. The Balaban J connectivity index is 3.23. The molecule has 1 saturated carbocycles. The minimum absolute atomic E-state index is 0.222. The van der Waals surface area contributed by atoms with Crippen LogP contribution < -0.4 is 0 Å². The highest BCUT2D eigenvalue weighted by atomic mass is 16.4. The average Bonchev–Trinajstić information content (AvgIpc) is 2.54. The average molecular weight is 360 g/mol. The van der Waals surface area contributed by atoms with Gasteiger partial charge < -0.3 is 20.4 Å². The lowest BCUT2D eigenvalue weighted by molar-refractivity contribution is -0.215. The van der Waals surface area contributed by atoms with E-state index in [0.717, 1.165) is 6.42 Å². The van der Waals surface area contributed by atoms with Gasteiger partial charge in [-0.3, -0.25) is 0 Å². The van der Waals surface area contributed by atoms with Gasteiger partial charge in [-0.05, 0) is 37.5 Å². The summed E-state index contributed by atoms with van der Waals surface area (Å²) in [7, 11) is 0. The van der Waals surface area contributed by atoms with Crippen molar-refractivity contribution in [3.8, 4) is 0 Å². The zero-order valence-electron chi connectivity index (χ0n) is 16.3. The van der Waals surface area contributed by atoms with E-state index in [9.17, 15) is 25.3 Å². The van der Waals surface area contributed by atoms with Gasteiger partial charge in [0.05, 0.1) is 18.3 Å². The van der Waals surface area contributed by atoms with Gasteiger partial charge in [-0.25, -0.2) is 0 Å². The van der Waals surface area contributed by atoms with Crippen LogP contribution >= 0.6 is 0 Å². The van der Waals surface area contributed by atoms with E-state index in [0.29, 0.717) is 31.1 Å². The van der Waals surface area contributed by atoms with E-state index in [1.165, 1.54) is 0 Å². The molecule has 0 aromatic heterocycles. The molecule has 148 valence electrons. The van der Waals surface area contributed by atoms with Crippen molar-refractivity contribution < 1.29 is 20.4 Å². The van der Waals surface area contributed by atoms with Gasteiger partial charge in [-0.15, -0.1) is 0 Å². The Bertz CT molecular complexity index is 417. The maximum atomic E-state index is 11.6. The van der Waals surface area contributed by atoms with Gasteiger partial charge in [0.1, 0.15) is 11.6 Å². The normalized spacial score (nSPS) is 37.5. The van der Waals surface area contributed by atoms with E-state index >= 15 is 0 Å². The number of nitrogens with zero attached hydrogens (tertiary/aromatic N) is 1. The van der Waals surface area contributed by atoms with Crippen molar-refractivity contribution in [3.05, 3.63) is 4.91 Å². The molecule has 7 atom stereocenters. The van der Waals surface area contributed by atoms with Gasteiger partial charge in [0.25, 0.3) is 0 Å². The van der Waals surface area contributed by atoms with Crippen LogP contribution in [-0.2, 0) is 0 Å². The topological polar surface area (TPSA) is 110 Å². The van der Waals surface area contributed by atoms with Crippen LogP contribution in [0.25, 0.3) is 0 Å². The second-order valence-electron chi connectivity index (χ2n) is 8.60. The molecule has 0 aromatic rings. The summed E-state index contributed by atoms with van der Waals surface area (Å²) in [6.45, 7) is 9.88. The van der Waals surface area contributed by atoms with E-state index in [1.54, 1.807) is 6.92 Å². The molecule has 0 saturated heterocycles. The van der Waals surface area contributed by atoms with E-state index in [-0.39, 0.29) is 6.42 Å². The van der Waals surface area contributed by atoms with Crippen LogP contribution in [0.1, 0.15) is 66.7 Å². The Kier molecular flexibility index (Phi) is 8.45. The third kappa shape index (κ3) is 5.00. The molecule has 0 aromatic carbocycles. The quantitative estimate of drug-likeness (QED) is 0.473. The Morgan fingerprint density at radius 3 is 2.08 bits per heavy atom. The Hall–Kier alpha value is -0.560. The van der Waals surface area contributed by atoms with Crippen LogP contribution in [0, 0.1) is 28.6 Å². The first-order chi connectivity index (χ1) is 11.6. The van der Waals surface area contributed by atoms with Crippen molar-refractivity contribution in [3.63, 3.8) is 0 Å². The first-order valence-corrected chi connectivity index (χ1v) is 9.69. The molecule has 6 unspecified atom stereocenters. The first-order valence-electron chi connectivity index (χ1n) is 9.69. The third-order valence-electron chi connectivity index (χ3n) is 5.80. The van der Waals surface area contributed by atoms with E-state index in [1.807, 2.05) is 13.8 Å². The molecule has 0 spiro atoms. The summed E-state index contributed by atoms with van der Waals surface area (Å²) >= 11 is 0. The lowest BCUT2D eigenvalue weighted by Gasteiger charge is -2.52. The highest BCUT2D eigenvalue weighted by Gasteiger charge is 2.59. The van der Waals surface area contributed by atoms with Crippen molar-refractivity contribution in [2.75, 3.05) is 0 Å². The summed E-state index contributed by atoms with van der Waals surface area (Å²) in [5.41, 5.74) is -1.71. The minimum Gasteiger partial charge on any atom is -0.393 e. The molecule has 0 aliphatic heterocycles. The predicted octanol–water partition coefficient (Wildman–Crippen LogP) is 2.46. The number of hydrogen-bond acceptors (Lipinski definition) is 6. The number of rotatable bonds is 9. The Morgan fingerprint density at radius 2 is 1.64 bits per heavy atom. The molecule has 0 radical (unpaired) electrons. The van der Waals surface area contributed by atoms with Gasteiger partial charge in [0, 0.05) is 11.8 Å². The molecule has 0 heterocycles. The van der Waals surface area contributed by atoms with E-state index < -0.39 is 41.8 Å². The largest absolute Gasteiger partial charge is 0.393 e. The van der Waals surface area contributed by atoms with E-state index in [4.69, 9.17) is 0 Å². The highest BCUT2D eigenvalue weighted by molar-refractivity contribution is 5.11. The lowest BCUT2D eigenvalue weighted by Crippen LogP contribution is -2.67. The summed E-state index contributed by atoms with van der Waals surface area (Å²) in [6.07, 6.45) is -0.876. The van der Waals surface area contributed by atoms with Crippen molar-refractivity contribution in [1.29, 1.82) is 0 Å². The summed E-state index contributed by atoms with van der Waals surface area (Å²) < 4.78 is 0. The Labute approximate surface area is 151 Å². The smallest absolute Gasteiger partial charge is 0.128 e. The van der Waals surface area contributed by atoms with Crippen LogP contribution in [0.4, 0.5) is 0 Å². The predicted molar refractivity (Wildman–Crippen MR) is 98.0 cm³/mol. The highest BCUT2D eigenvalue weighted by Crippen LogP contribution is 2.45. The van der Waals surface area contributed by atoms with Gasteiger partial charge >= 0.3 is 0 Å². The second kappa shape index (κ2) is 9.40. The number of aliphatic hydroxyl groups excluding tert-OH is 3. The van der Waals surface area contributed by atoms with Crippen LogP contribution in [0.15, 0.2) is 5.18 Å². The van der Waals surface area contributed by atoms with Crippen molar-refractivity contribution in [1.82, 2.24) is 0 Å². The van der Waals surface area contributed by atoms with Gasteiger partial charge in [0.15, 0.2) is 0 Å². The number of aliphatic hydroxyl groups is 4. The summed E-state index contributed by atoms with van der Waals surface area (Å²) in [5, 5.41) is 46.4. The van der Waals surface area contributed by atoms with E-state index in [2.05, 4.69) is 19.0 Å². The van der Waals surface area contributed by atoms with Crippen molar-refractivity contribution >= 4 is 0 Å². The van der Waals surface area contributed by atoms with Crippen LogP contribution in [0.3, 0.4) is 0 Å². The van der Waals surface area contributed by atoms with Crippen LogP contribution in [-0.4, -0.2) is 50.4 Å². The third-order valence-corrected chi connectivity index (χ3v) is 5.80.